The number of halogens is 1. The summed E-state index contributed by atoms with van der Waals surface area (Å²) in [5.74, 6) is 1.00. The van der Waals surface area contributed by atoms with Crippen molar-refractivity contribution < 1.29 is 14.3 Å². The van der Waals surface area contributed by atoms with Gasteiger partial charge >= 0.3 is 5.97 Å². The summed E-state index contributed by atoms with van der Waals surface area (Å²) in [6.45, 7) is 1.80. The van der Waals surface area contributed by atoms with Crippen molar-refractivity contribution in [1.82, 2.24) is 9.88 Å². The van der Waals surface area contributed by atoms with Crippen LogP contribution in [0.5, 0.6) is 0 Å². The molecule has 0 aliphatic heterocycles. The molecule has 90 valence electrons. The van der Waals surface area contributed by atoms with Crippen LogP contribution < -0.4 is 0 Å². The van der Waals surface area contributed by atoms with E-state index in [1.807, 2.05) is 0 Å². The zero-order chi connectivity index (χ0) is 12.8. The lowest BCUT2D eigenvalue weighted by Crippen LogP contribution is -2.33. The quantitative estimate of drug-likeness (QED) is 0.783. The summed E-state index contributed by atoms with van der Waals surface area (Å²) in [5.41, 5.74) is 0.586. The molecule has 0 bridgehead atoms. The third-order valence-corrected chi connectivity index (χ3v) is 2.36. The van der Waals surface area contributed by atoms with Gasteiger partial charge in [0.2, 0.25) is 0 Å². The second-order valence-corrected chi connectivity index (χ2v) is 3.58. The van der Waals surface area contributed by atoms with E-state index in [-0.39, 0.29) is 19.1 Å². The largest absolute Gasteiger partial charge is 0.480 e. The van der Waals surface area contributed by atoms with Crippen molar-refractivity contribution in [2.75, 3.05) is 13.1 Å². The molecule has 5 heteroatoms. The molecule has 0 spiro atoms. The van der Waals surface area contributed by atoms with E-state index in [2.05, 4.69) is 10.9 Å². The lowest BCUT2D eigenvalue weighted by molar-refractivity contribution is -0.138. The highest BCUT2D eigenvalue weighted by Crippen LogP contribution is 2.17. The standard InChI is InChI=1S/C12H13FN2O2/c1-3-6-15(8-12(16)17)9(2)11-5-4-10(13)7-14-11/h1,4-5,7,9H,6,8H2,2H3,(H,16,17). The first-order valence-corrected chi connectivity index (χ1v) is 5.05. The molecule has 17 heavy (non-hydrogen) atoms. The Balaban J connectivity index is 2.83. The summed E-state index contributed by atoms with van der Waals surface area (Å²) < 4.78 is 12.7. The first-order valence-electron chi connectivity index (χ1n) is 5.05. The van der Waals surface area contributed by atoms with Gasteiger partial charge in [-0.25, -0.2) is 4.39 Å². The molecule has 0 radical (unpaired) electrons. The van der Waals surface area contributed by atoms with Crippen LogP contribution in [0.2, 0.25) is 0 Å². The number of carbonyl (C=O) groups is 1. The van der Waals surface area contributed by atoms with Crippen LogP contribution in [-0.4, -0.2) is 34.0 Å². The summed E-state index contributed by atoms with van der Waals surface area (Å²) in [5, 5.41) is 8.76. The maximum Gasteiger partial charge on any atom is 0.317 e. The molecule has 1 heterocycles. The number of terminal acetylenes is 1. The van der Waals surface area contributed by atoms with Crippen molar-refractivity contribution in [3.05, 3.63) is 29.8 Å². The maximum absolute atomic E-state index is 12.7. The summed E-state index contributed by atoms with van der Waals surface area (Å²) in [6, 6.07) is 2.53. The molecule has 1 atom stereocenters. The van der Waals surface area contributed by atoms with Gasteiger partial charge in [0.05, 0.1) is 31.0 Å². The third kappa shape index (κ3) is 3.85. The normalized spacial score (nSPS) is 12.1. The van der Waals surface area contributed by atoms with Gasteiger partial charge in [0.15, 0.2) is 0 Å². The Morgan fingerprint density at radius 3 is 2.88 bits per heavy atom. The number of hydrogen-bond donors (Lipinski definition) is 1. The van der Waals surface area contributed by atoms with Gasteiger partial charge in [0.25, 0.3) is 0 Å². The van der Waals surface area contributed by atoms with Crippen molar-refractivity contribution in [3.63, 3.8) is 0 Å². The Kier molecular flexibility index (Phi) is 4.61. The molecule has 0 aromatic carbocycles. The van der Waals surface area contributed by atoms with Crippen LogP contribution in [0.4, 0.5) is 4.39 Å². The minimum atomic E-state index is -0.964. The first kappa shape index (κ1) is 13.1. The predicted octanol–water partition coefficient (Wildman–Crippen LogP) is 1.30. The Bertz CT molecular complexity index is 425. The zero-order valence-corrected chi connectivity index (χ0v) is 9.43. The van der Waals surface area contributed by atoms with Gasteiger partial charge in [-0.15, -0.1) is 6.42 Å². The minimum absolute atomic E-state index is 0.176. The smallest absolute Gasteiger partial charge is 0.317 e. The van der Waals surface area contributed by atoms with Crippen LogP contribution >= 0.6 is 0 Å². The third-order valence-electron chi connectivity index (χ3n) is 2.36. The average Bonchev–Trinajstić information content (AvgIpc) is 2.28. The minimum Gasteiger partial charge on any atom is -0.480 e. The van der Waals surface area contributed by atoms with E-state index >= 15 is 0 Å². The average molecular weight is 236 g/mol. The maximum atomic E-state index is 12.7. The Morgan fingerprint density at radius 2 is 2.41 bits per heavy atom. The van der Waals surface area contributed by atoms with Gasteiger partial charge in [0, 0.05) is 0 Å². The number of rotatable bonds is 5. The summed E-state index contributed by atoms with van der Waals surface area (Å²) in [7, 11) is 0. The second-order valence-electron chi connectivity index (χ2n) is 3.58. The SMILES string of the molecule is C#CCN(CC(=O)O)C(C)c1ccc(F)cn1. The van der Waals surface area contributed by atoms with Gasteiger partial charge in [-0.3, -0.25) is 14.7 Å². The molecule has 1 N–H and O–H groups in total. The lowest BCUT2D eigenvalue weighted by Gasteiger charge is -2.24. The van der Waals surface area contributed by atoms with Crippen molar-refractivity contribution in [2.24, 2.45) is 0 Å². The van der Waals surface area contributed by atoms with Gasteiger partial charge < -0.3 is 5.11 Å². The highest BCUT2D eigenvalue weighted by molar-refractivity contribution is 5.69. The van der Waals surface area contributed by atoms with Gasteiger partial charge in [-0.05, 0) is 19.1 Å². The lowest BCUT2D eigenvalue weighted by atomic mass is 10.2. The van der Waals surface area contributed by atoms with E-state index in [9.17, 15) is 9.18 Å². The van der Waals surface area contributed by atoms with Crippen LogP contribution in [-0.2, 0) is 4.79 Å². The van der Waals surface area contributed by atoms with E-state index < -0.39 is 11.8 Å². The second kappa shape index (κ2) is 5.97. The molecule has 0 fully saturated rings. The van der Waals surface area contributed by atoms with Crippen molar-refractivity contribution >= 4 is 5.97 Å². The van der Waals surface area contributed by atoms with Crippen LogP contribution in [0.25, 0.3) is 0 Å². The van der Waals surface area contributed by atoms with E-state index in [1.165, 1.54) is 12.1 Å². The Morgan fingerprint density at radius 1 is 1.71 bits per heavy atom. The fraction of sp³-hybridized carbons (Fsp3) is 0.333. The topological polar surface area (TPSA) is 53.4 Å². The van der Waals surface area contributed by atoms with E-state index in [0.29, 0.717) is 5.69 Å². The van der Waals surface area contributed by atoms with E-state index in [0.717, 1.165) is 6.20 Å². The zero-order valence-electron chi connectivity index (χ0n) is 9.43. The molecule has 1 aromatic rings. The predicted molar refractivity (Wildman–Crippen MR) is 60.7 cm³/mol. The van der Waals surface area contributed by atoms with Crippen LogP contribution in [0.1, 0.15) is 18.7 Å². The number of hydrogen-bond acceptors (Lipinski definition) is 3. The Labute approximate surface area is 99.1 Å². The summed E-state index contributed by atoms with van der Waals surface area (Å²) >= 11 is 0. The molecule has 0 saturated heterocycles. The summed E-state index contributed by atoms with van der Waals surface area (Å²) in [6.07, 6.45) is 6.28. The number of pyridine rings is 1. The molecule has 0 amide bonds. The molecule has 0 saturated carbocycles. The molecule has 1 aromatic heterocycles. The van der Waals surface area contributed by atoms with Crippen molar-refractivity contribution in [1.29, 1.82) is 0 Å². The fourth-order valence-electron chi connectivity index (χ4n) is 1.44. The molecular formula is C12H13FN2O2. The van der Waals surface area contributed by atoms with Crippen molar-refractivity contribution in [3.8, 4) is 12.3 Å². The number of carboxylic acid groups (broad SMARTS) is 1. The highest BCUT2D eigenvalue weighted by Gasteiger charge is 2.18. The molecule has 0 aliphatic rings. The monoisotopic (exact) mass is 236 g/mol. The number of carboxylic acids is 1. The molecule has 4 nitrogen and oxygen atoms in total. The number of nitrogens with zero attached hydrogens (tertiary/aromatic N) is 2. The molecule has 1 rings (SSSR count). The van der Waals surface area contributed by atoms with Gasteiger partial charge in [-0.1, -0.05) is 5.92 Å². The van der Waals surface area contributed by atoms with Crippen LogP contribution in [0.3, 0.4) is 0 Å². The molecule has 1 unspecified atom stereocenters. The molecular weight excluding hydrogens is 223 g/mol. The van der Waals surface area contributed by atoms with Gasteiger partial charge in [-0.2, -0.15) is 0 Å². The van der Waals surface area contributed by atoms with Crippen LogP contribution in [0, 0.1) is 18.2 Å². The van der Waals surface area contributed by atoms with Crippen LogP contribution in [0.15, 0.2) is 18.3 Å². The fourth-order valence-corrected chi connectivity index (χ4v) is 1.44. The van der Waals surface area contributed by atoms with E-state index in [1.54, 1.807) is 11.8 Å². The summed E-state index contributed by atoms with van der Waals surface area (Å²) in [4.78, 5) is 16.2. The number of aromatic nitrogens is 1. The Hall–Kier alpha value is -1.93. The number of aliphatic carboxylic acids is 1. The highest BCUT2D eigenvalue weighted by atomic mass is 19.1. The van der Waals surface area contributed by atoms with Gasteiger partial charge in [0.1, 0.15) is 5.82 Å². The molecule has 0 aliphatic carbocycles. The van der Waals surface area contributed by atoms with E-state index in [4.69, 9.17) is 11.5 Å². The van der Waals surface area contributed by atoms with Crippen molar-refractivity contribution in [2.45, 2.75) is 13.0 Å². The first-order chi connectivity index (χ1) is 8.04.